The van der Waals surface area contributed by atoms with Crippen molar-refractivity contribution in [3.8, 4) is 6.07 Å². The Labute approximate surface area is 103 Å². The molecule has 0 aliphatic heterocycles. The van der Waals surface area contributed by atoms with Crippen LogP contribution in [0, 0.1) is 11.3 Å². The molecule has 0 unspecified atom stereocenters. The number of rotatable bonds is 4. The highest BCUT2D eigenvalue weighted by atomic mass is 79.9. The Morgan fingerprint density at radius 2 is 2.31 bits per heavy atom. The van der Waals surface area contributed by atoms with E-state index in [-0.39, 0.29) is 5.91 Å². The molecule has 0 saturated heterocycles. The first-order valence-corrected chi connectivity index (χ1v) is 5.64. The lowest BCUT2D eigenvalue weighted by molar-refractivity contribution is 0.0953. The minimum atomic E-state index is -0.169. The fraction of sp³-hybridized carbons (Fsp3) is 0.273. The first-order valence-electron chi connectivity index (χ1n) is 4.85. The SMILES string of the molecule is N#CCCCNC(=O)c1ccc(Br)c(N)c1. The molecule has 0 bridgehead atoms. The number of hydrogen-bond donors (Lipinski definition) is 2. The number of hydrogen-bond acceptors (Lipinski definition) is 3. The molecule has 84 valence electrons. The molecule has 1 aromatic rings. The topological polar surface area (TPSA) is 78.9 Å². The van der Waals surface area contributed by atoms with Gasteiger partial charge in [-0.15, -0.1) is 0 Å². The molecule has 0 aliphatic rings. The van der Waals surface area contributed by atoms with E-state index in [4.69, 9.17) is 11.0 Å². The zero-order valence-electron chi connectivity index (χ0n) is 8.66. The van der Waals surface area contributed by atoms with Gasteiger partial charge in [0.1, 0.15) is 0 Å². The number of carbonyl (C=O) groups excluding carboxylic acids is 1. The van der Waals surface area contributed by atoms with E-state index in [1.807, 2.05) is 6.07 Å². The molecule has 0 spiro atoms. The molecule has 16 heavy (non-hydrogen) atoms. The van der Waals surface area contributed by atoms with Crippen molar-refractivity contribution in [2.75, 3.05) is 12.3 Å². The lowest BCUT2D eigenvalue weighted by Gasteiger charge is -2.05. The van der Waals surface area contributed by atoms with Gasteiger partial charge in [0.2, 0.25) is 0 Å². The second-order valence-corrected chi connectivity index (χ2v) is 4.11. The first kappa shape index (κ1) is 12.5. The highest BCUT2D eigenvalue weighted by Gasteiger charge is 2.06. The quantitative estimate of drug-likeness (QED) is 0.655. The Hall–Kier alpha value is -1.54. The largest absolute Gasteiger partial charge is 0.398 e. The number of benzene rings is 1. The molecular weight excluding hydrogens is 270 g/mol. The summed E-state index contributed by atoms with van der Waals surface area (Å²) in [5, 5.41) is 11.1. The first-order chi connectivity index (χ1) is 7.65. The van der Waals surface area contributed by atoms with Gasteiger partial charge >= 0.3 is 0 Å². The fourth-order valence-corrected chi connectivity index (χ4v) is 1.40. The van der Waals surface area contributed by atoms with Crippen molar-refractivity contribution in [3.63, 3.8) is 0 Å². The third-order valence-corrected chi connectivity index (χ3v) is 2.73. The number of halogens is 1. The lowest BCUT2D eigenvalue weighted by Crippen LogP contribution is -2.24. The number of nitrogens with one attached hydrogen (secondary N) is 1. The van der Waals surface area contributed by atoms with Gasteiger partial charge in [0.15, 0.2) is 0 Å². The van der Waals surface area contributed by atoms with E-state index in [2.05, 4.69) is 21.2 Å². The third-order valence-electron chi connectivity index (χ3n) is 2.01. The summed E-state index contributed by atoms with van der Waals surface area (Å²) in [7, 11) is 0. The van der Waals surface area contributed by atoms with E-state index >= 15 is 0 Å². The summed E-state index contributed by atoms with van der Waals surface area (Å²) in [5.74, 6) is -0.169. The van der Waals surface area contributed by atoms with E-state index in [0.29, 0.717) is 30.6 Å². The maximum Gasteiger partial charge on any atom is 0.251 e. The van der Waals surface area contributed by atoms with Crippen LogP contribution in [0.3, 0.4) is 0 Å². The zero-order valence-corrected chi connectivity index (χ0v) is 10.3. The average Bonchev–Trinajstić information content (AvgIpc) is 2.28. The number of amides is 1. The van der Waals surface area contributed by atoms with Crippen molar-refractivity contribution in [2.24, 2.45) is 0 Å². The highest BCUT2D eigenvalue weighted by Crippen LogP contribution is 2.19. The third kappa shape index (κ3) is 3.55. The van der Waals surface area contributed by atoms with Gasteiger partial charge < -0.3 is 11.1 Å². The summed E-state index contributed by atoms with van der Waals surface area (Å²) in [5.41, 5.74) is 6.72. The molecule has 0 atom stereocenters. The van der Waals surface area contributed by atoms with Crippen LogP contribution in [0.25, 0.3) is 0 Å². The van der Waals surface area contributed by atoms with Gasteiger partial charge in [0, 0.05) is 28.7 Å². The smallest absolute Gasteiger partial charge is 0.251 e. The Morgan fingerprint density at radius 3 is 2.94 bits per heavy atom. The van der Waals surface area contributed by atoms with Crippen LogP contribution in [0.1, 0.15) is 23.2 Å². The van der Waals surface area contributed by atoms with Crippen LogP contribution >= 0.6 is 15.9 Å². The molecule has 5 heteroatoms. The van der Waals surface area contributed by atoms with Crippen molar-refractivity contribution >= 4 is 27.5 Å². The lowest BCUT2D eigenvalue weighted by atomic mass is 10.2. The number of unbranched alkanes of at least 4 members (excludes halogenated alkanes) is 1. The van der Waals surface area contributed by atoms with Crippen LogP contribution in [-0.4, -0.2) is 12.5 Å². The molecule has 1 aromatic carbocycles. The van der Waals surface area contributed by atoms with E-state index in [1.54, 1.807) is 18.2 Å². The van der Waals surface area contributed by atoms with E-state index in [9.17, 15) is 4.79 Å². The molecule has 0 fully saturated rings. The monoisotopic (exact) mass is 281 g/mol. The number of nitriles is 1. The Balaban J connectivity index is 2.53. The molecule has 4 nitrogen and oxygen atoms in total. The van der Waals surface area contributed by atoms with Gasteiger partial charge in [0.25, 0.3) is 5.91 Å². The van der Waals surface area contributed by atoms with Gasteiger partial charge in [-0.3, -0.25) is 4.79 Å². The van der Waals surface area contributed by atoms with Gasteiger partial charge in [-0.1, -0.05) is 0 Å². The Kier molecular flexibility index (Phi) is 4.80. The molecule has 0 aliphatic carbocycles. The minimum Gasteiger partial charge on any atom is -0.398 e. The maximum atomic E-state index is 11.6. The van der Waals surface area contributed by atoms with Crippen molar-refractivity contribution in [1.29, 1.82) is 5.26 Å². The Morgan fingerprint density at radius 1 is 1.56 bits per heavy atom. The summed E-state index contributed by atoms with van der Waals surface area (Å²) < 4.78 is 0.772. The van der Waals surface area contributed by atoms with Gasteiger partial charge in [-0.05, 0) is 40.5 Å². The fourth-order valence-electron chi connectivity index (χ4n) is 1.16. The Bertz CT molecular complexity index is 426. The second-order valence-electron chi connectivity index (χ2n) is 3.25. The molecular formula is C11H12BrN3O. The molecule has 0 aromatic heterocycles. The average molecular weight is 282 g/mol. The number of nitrogens with zero attached hydrogens (tertiary/aromatic N) is 1. The van der Waals surface area contributed by atoms with Gasteiger partial charge in [-0.25, -0.2) is 0 Å². The molecule has 0 heterocycles. The number of nitrogen functional groups attached to an aromatic ring is 1. The zero-order chi connectivity index (χ0) is 12.0. The predicted molar refractivity (Wildman–Crippen MR) is 65.7 cm³/mol. The predicted octanol–water partition coefficient (Wildman–Crippen LogP) is 2.06. The maximum absolute atomic E-state index is 11.6. The molecule has 0 saturated carbocycles. The van der Waals surface area contributed by atoms with Gasteiger partial charge in [0.05, 0.1) is 6.07 Å². The standard InChI is InChI=1S/C11H12BrN3O/c12-9-4-3-8(7-10(9)14)11(16)15-6-2-1-5-13/h3-4,7H,1-2,6,14H2,(H,15,16). The number of carbonyl (C=O) groups is 1. The molecule has 0 radical (unpaired) electrons. The van der Waals surface area contributed by atoms with Crippen LogP contribution in [-0.2, 0) is 0 Å². The number of anilines is 1. The van der Waals surface area contributed by atoms with Crippen LogP contribution in [0.2, 0.25) is 0 Å². The van der Waals surface area contributed by atoms with E-state index in [0.717, 1.165) is 4.47 Å². The van der Waals surface area contributed by atoms with Gasteiger partial charge in [-0.2, -0.15) is 5.26 Å². The molecule has 1 amide bonds. The number of nitrogens with two attached hydrogens (primary N) is 1. The van der Waals surface area contributed by atoms with E-state index in [1.165, 1.54) is 0 Å². The summed E-state index contributed by atoms with van der Waals surface area (Å²) in [4.78, 5) is 11.6. The highest BCUT2D eigenvalue weighted by molar-refractivity contribution is 9.10. The van der Waals surface area contributed by atoms with Crippen LogP contribution < -0.4 is 11.1 Å². The summed E-state index contributed by atoms with van der Waals surface area (Å²) >= 11 is 3.26. The summed E-state index contributed by atoms with van der Waals surface area (Å²) in [6.45, 7) is 0.502. The molecule has 3 N–H and O–H groups in total. The van der Waals surface area contributed by atoms with Crippen molar-refractivity contribution in [2.45, 2.75) is 12.8 Å². The minimum absolute atomic E-state index is 0.169. The van der Waals surface area contributed by atoms with Crippen molar-refractivity contribution in [1.82, 2.24) is 5.32 Å². The van der Waals surface area contributed by atoms with Crippen LogP contribution in [0.15, 0.2) is 22.7 Å². The summed E-state index contributed by atoms with van der Waals surface area (Å²) in [6, 6.07) is 7.07. The van der Waals surface area contributed by atoms with E-state index < -0.39 is 0 Å². The van der Waals surface area contributed by atoms with Crippen molar-refractivity contribution in [3.05, 3.63) is 28.2 Å². The van der Waals surface area contributed by atoms with Crippen LogP contribution in [0.5, 0.6) is 0 Å². The summed E-state index contributed by atoms with van der Waals surface area (Å²) in [6.07, 6.45) is 1.11. The normalized spacial score (nSPS) is 9.50. The molecule has 1 rings (SSSR count). The second kappa shape index (κ2) is 6.13. The van der Waals surface area contributed by atoms with Crippen molar-refractivity contribution < 1.29 is 4.79 Å². The van der Waals surface area contributed by atoms with Crippen LogP contribution in [0.4, 0.5) is 5.69 Å².